The van der Waals surface area contributed by atoms with E-state index in [1.54, 1.807) is 31.2 Å². The zero-order chi connectivity index (χ0) is 18.0. The van der Waals surface area contributed by atoms with E-state index < -0.39 is 23.6 Å². The first-order valence-corrected chi connectivity index (χ1v) is 8.57. The summed E-state index contributed by atoms with van der Waals surface area (Å²) in [6, 6.07) is 8.48. The van der Waals surface area contributed by atoms with Crippen LogP contribution in [0.2, 0.25) is 0 Å². The third-order valence-electron chi connectivity index (χ3n) is 3.44. The number of aromatic nitrogens is 3. The van der Waals surface area contributed by atoms with Crippen LogP contribution in [0.1, 0.15) is 11.3 Å². The smallest absolute Gasteiger partial charge is 0.484 e. The molecule has 0 radical (unpaired) electrons. The Labute approximate surface area is 192 Å². The van der Waals surface area contributed by atoms with Crippen LogP contribution in [0.25, 0.3) is 11.0 Å². The molecule has 1 atom stereocenters. The molecule has 3 aromatic rings. The fourth-order valence-corrected chi connectivity index (χ4v) is 3.26. The monoisotopic (exact) mass is 407 g/mol. The van der Waals surface area contributed by atoms with E-state index in [9.17, 15) is 17.4 Å². The van der Waals surface area contributed by atoms with Gasteiger partial charge in [-0.2, -0.15) is 13.2 Å². The van der Waals surface area contributed by atoms with E-state index in [0.29, 0.717) is 22.3 Å². The van der Waals surface area contributed by atoms with Gasteiger partial charge in [-0.25, -0.2) is 0 Å². The predicted molar refractivity (Wildman–Crippen MR) is 85.7 cm³/mol. The first-order valence-electron chi connectivity index (χ1n) is 7.25. The van der Waals surface area contributed by atoms with E-state index in [1.807, 2.05) is 0 Å². The maximum absolute atomic E-state index is 12.5. The van der Waals surface area contributed by atoms with Crippen LogP contribution >= 0.6 is 0 Å². The second kappa shape index (κ2) is 8.94. The fraction of sp³-hybridized carbons (Fsp3) is 0.250. The topological polar surface area (TPSA) is 66.2 Å². The maximum Gasteiger partial charge on any atom is 1.00 e. The Hall–Kier alpha value is -0.784. The summed E-state index contributed by atoms with van der Waals surface area (Å²) < 4.78 is 54.2. The van der Waals surface area contributed by atoms with Crippen LogP contribution in [0.4, 0.5) is 13.2 Å². The van der Waals surface area contributed by atoms with E-state index in [0.717, 1.165) is 0 Å². The van der Waals surface area contributed by atoms with Gasteiger partial charge in [-0.1, -0.05) is 24.3 Å². The van der Waals surface area contributed by atoms with Crippen LogP contribution in [0.15, 0.2) is 41.7 Å². The van der Waals surface area contributed by atoms with Crippen LogP contribution in [0, 0.1) is 6.92 Å². The molecule has 0 bridgehead atoms. The zero-order valence-electron chi connectivity index (χ0n) is 14.1. The minimum atomic E-state index is -4.43. The summed E-state index contributed by atoms with van der Waals surface area (Å²) in [6.07, 6.45) is -3.10. The first kappa shape index (κ1) is 21.5. The molecule has 3 rings (SSSR count). The number of benzene rings is 1. The van der Waals surface area contributed by atoms with Crippen molar-refractivity contribution in [3.8, 4) is 5.75 Å². The van der Waals surface area contributed by atoms with Crippen LogP contribution in [0.3, 0.4) is 0 Å². The summed E-state index contributed by atoms with van der Waals surface area (Å²) >= 11 is 0. The predicted octanol–water partition coefficient (Wildman–Crippen LogP) is 0.148. The van der Waals surface area contributed by atoms with Gasteiger partial charge in [-0.15, -0.1) is 0 Å². The van der Waals surface area contributed by atoms with E-state index >= 15 is 0 Å². The Balaban J connectivity index is 0.00000243. The molecule has 0 spiro atoms. The van der Waals surface area contributed by atoms with E-state index in [2.05, 4.69) is 15.0 Å². The Morgan fingerprint density at radius 1 is 1.23 bits per heavy atom. The average molecular weight is 407 g/mol. The van der Waals surface area contributed by atoms with Crippen LogP contribution < -0.4 is 61.1 Å². The number of pyridine rings is 1. The molecule has 5 nitrogen and oxygen atoms in total. The van der Waals surface area contributed by atoms with Crippen molar-refractivity contribution < 1.29 is 73.5 Å². The number of para-hydroxylation sites is 2. The number of halogens is 3. The molecule has 0 aliphatic heterocycles. The molecule has 0 saturated heterocycles. The molecule has 2 heterocycles. The van der Waals surface area contributed by atoms with Crippen molar-refractivity contribution >= 4 is 21.8 Å². The molecule has 0 N–H and O–H groups in total. The van der Waals surface area contributed by atoms with Crippen molar-refractivity contribution in [2.45, 2.75) is 24.0 Å². The van der Waals surface area contributed by atoms with Crippen LogP contribution in [-0.4, -0.2) is 27.0 Å². The average Bonchev–Trinajstić information content (AvgIpc) is 2.99. The fourth-order valence-electron chi connectivity index (χ4n) is 2.20. The molecule has 0 amide bonds. The van der Waals surface area contributed by atoms with Crippen molar-refractivity contribution in [2.75, 3.05) is 6.61 Å². The third-order valence-corrected chi connectivity index (χ3v) is 4.56. The molecule has 0 fully saturated rings. The Bertz CT molecular complexity index is 897. The van der Waals surface area contributed by atoms with Gasteiger partial charge in [-0.05, 0) is 24.0 Å². The van der Waals surface area contributed by atoms with Gasteiger partial charge in [0.05, 0.1) is 22.2 Å². The van der Waals surface area contributed by atoms with Gasteiger partial charge >= 0.3 is 57.6 Å². The Morgan fingerprint density at radius 3 is 2.65 bits per heavy atom. The molecule has 0 saturated carbocycles. The molecule has 26 heavy (non-hydrogen) atoms. The van der Waals surface area contributed by atoms with Crippen molar-refractivity contribution in [2.24, 2.45) is 0 Å². The van der Waals surface area contributed by atoms with Gasteiger partial charge in [-0.3, -0.25) is 9.19 Å². The molecular formula is C16H13F3KN3O2S. The van der Waals surface area contributed by atoms with Crippen LogP contribution in [-0.2, 0) is 16.6 Å². The van der Waals surface area contributed by atoms with Gasteiger partial charge < -0.3 is 14.7 Å². The molecule has 10 heteroatoms. The maximum atomic E-state index is 12.5. The van der Waals surface area contributed by atoms with Gasteiger partial charge in [0.1, 0.15) is 5.75 Å². The van der Waals surface area contributed by atoms with E-state index in [4.69, 9.17) is 4.74 Å². The zero-order valence-corrected chi connectivity index (χ0v) is 18.0. The number of fused-ring (bicyclic) bond motifs is 1. The summed E-state index contributed by atoms with van der Waals surface area (Å²) in [7, 11) is -1.57. The standard InChI is InChI=1S/C16H13F3N3O2S.K/c1-10-13(20-7-6-14(10)24-9-16(17,18)19)8-25(23)15-21-11-4-2-3-5-12(11)22-15;/h2-7H,8-9H2,1H3;/q-1;+1/t25-;/m1./s1. The molecule has 1 aromatic carbocycles. The van der Waals surface area contributed by atoms with Gasteiger partial charge in [0.2, 0.25) is 0 Å². The quantitative estimate of drug-likeness (QED) is 0.564. The molecule has 132 valence electrons. The number of alkyl halides is 3. The second-order valence-corrected chi connectivity index (χ2v) is 6.61. The SMILES string of the molecule is Cc1c(OCC(F)(F)F)ccnc1C[S@@](=O)c1nc2ccccc2[n-]1.[K+]. The summed E-state index contributed by atoms with van der Waals surface area (Å²) in [5.74, 6) is 0.0543. The number of hydrogen-bond acceptors (Lipinski definition) is 4. The molecule has 0 aliphatic rings. The molecular weight excluding hydrogens is 394 g/mol. The van der Waals surface area contributed by atoms with Crippen molar-refractivity contribution in [1.82, 2.24) is 15.0 Å². The van der Waals surface area contributed by atoms with E-state index in [-0.39, 0.29) is 68.0 Å². The second-order valence-electron chi connectivity index (χ2n) is 5.27. The van der Waals surface area contributed by atoms with Gasteiger partial charge in [0.25, 0.3) is 0 Å². The van der Waals surface area contributed by atoms with Crippen molar-refractivity contribution in [3.63, 3.8) is 0 Å². The van der Waals surface area contributed by atoms with Crippen molar-refractivity contribution in [3.05, 3.63) is 47.8 Å². The number of hydrogen-bond donors (Lipinski definition) is 0. The first-order chi connectivity index (χ1) is 11.8. The molecule has 2 aromatic heterocycles. The van der Waals surface area contributed by atoms with E-state index in [1.165, 1.54) is 12.3 Å². The number of nitrogens with zero attached hydrogens (tertiary/aromatic N) is 3. The minimum absolute atomic E-state index is 0. The van der Waals surface area contributed by atoms with Crippen molar-refractivity contribution in [1.29, 1.82) is 0 Å². The Kier molecular flexibility index (Phi) is 7.40. The van der Waals surface area contributed by atoms with Gasteiger partial charge in [0, 0.05) is 16.9 Å². The third kappa shape index (κ3) is 5.36. The molecule has 0 aliphatic carbocycles. The Morgan fingerprint density at radius 2 is 1.96 bits per heavy atom. The largest absolute Gasteiger partial charge is 1.00 e. The summed E-state index contributed by atoms with van der Waals surface area (Å²) in [6.45, 7) is 0.186. The number of rotatable bonds is 5. The van der Waals surface area contributed by atoms with Crippen LogP contribution in [0.5, 0.6) is 5.75 Å². The number of ether oxygens (including phenoxy) is 1. The summed E-state index contributed by atoms with van der Waals surface area (Å²) in [4.78, 5) is 12.5. The molecule has 0 unspecified atom stereocenters. The summed E-state index contributed by atoms with van der Waals surface area (Å²) in [5, 5.41) is 0.170. The van der Waals surface area contributed by atoms with Gasteiger partial charge in [0.15, 0.2) is 6.61 Å². The number of imidazole rings is 1. The normalized spacial score (nSPS) is 12.6. The minimum Gasteiger partial charge on any atom is -0.484 e. The summed E-state index contributed by atoms with van der Waals surface area (Å²) in [5.41, 5.74) is 2.07.